The summed E-state index contributed by atoms with van der Waals surface area (Å²) in [6, 6.07) is 22.8. The molecule has 37 heavy (non-hydrogen) atoms. The van der Waals surface area contributed by atoms with Crippen LogP contribution in [0.25, 0.3) is 0 Å². The number of esters is 1. The smallest absolute Gasteiger partial charge is 0.357 e. The van der Waals surface area contributed by atoms with E-state index in [1.807, 2.05) is 48.5 Å². The first-order valence-corrected chi connectivity index (χ1v) is 15.2. The van der Waals surface area contributed by atoms with Crippen LogP contribution in [0.5, 0.6) is 23.0 Å². The Morgan fingerprint density at radius 3 is 1.84 bits per heavy atom. The molecule has 4 bridgehead atoms. The van der Waals surface area contributed by atoms with E-state index in [1.54, 1.807) is 12.1 Å². The highest BCUT2D eigenvalue weighted by Gasteiger charge is 2.57. The first kappa shape index (κ1) is 24.6. The van der Waals surface area contributed by atoms with Crippen molar-refractivity contribution in [2.45, 2.75) is 44.6 Å². The normalized spacial score (nSPS) is 27.6. The molecule has 7 rings (SSSR count). The largest absolute Gasteiger partial charge is 0.508 e. The van der Waals surface area contributed by atoms with Gasteiger partial charge >= 0.3 is 27.2 Å². The number of hydrogen-bond acceptors (Lipinski definition) is 5. The van der Waals surface area contributed by atoms with Crippen LogP contribution in [0, 0.1) is 30.8 Å². The summed E-state index contributed by atoms with van der Waals surface area (Å²) in [4.78, 5) is 12.7. The molecule has 0 aromatic heterocycles. The van der Waals surface area contributed by atoms with Crippen LogP contribution in [0.2, 0.25) is 0 Å². The molecule has 4 aliphatic rings. The molecule has 0 aliphatic heterocycles. The average molecular weight is 611 g/mol. The minimum atomic E-state index is -0.326. The van der Waals surface area contributed by atoms with Gasteiger partial charge in [0.1, 0.15) is 28.6 Å². The molecule has 0 spiro atoms. The minimum Gasteiger partial charge on any atom is -0.508 e. The Hall–Kier alpha value is -2.74. The van der Waals surface area contributed by atoms with Gasteiger partial charge < -0.3 is 19.3 Å². The number of halogens is 1. The van der Waals surface area contributed by atoms with E-state index < -0.39 is 0 Å². The second-order valence-corrected chi connectivity index (χ2v) is 13.9. The van der Waals surface area contributed by atoms with Gasteiger partial charge in [-0.15, -0.1) is 0 Å². The number of aromatic hydroxyl groups is 1. The van der Waals surface area contributed by atoms with Crippen LogP contribution in [-0.2, 0) is 9.53 Å². The predicted molar refractivity (Wildman–Crippen MR) is 135 cm³/mol. The van der Waals surface area contributed by atoms with Crippen molar-refractivity contribution in [1.82, 2.24) is 0 Å². The molecule has 0 saturated heterocycles. The standard InChI is InChI=1S/C31H31IO5/c1-31(22-15-20-14-21(17-22)18-23(31)16-20)37-30(34)19-35-27-10-12-29(13-11-27)36-28-8-4-25(5-9-28)32-24-2-6-26(33)7-3-24/h2-13,20-23H,14-19H2,1H3/p+1. The second kappa shape index (κ2) is 10.2. The van der Waals surface area contributed by atoms with E-state index >= 15 is 0 Å². The molecule has 192 valence electrons. The molecule has 0 atom stereocenters. The zero-order chi connectivity index (χ0) is 25.4. The summed E-state index contributed by atoms with van der Waals surface area (Å²) < 4.78 is 20.3. The summed E-state index contributed by atoms with van der Waals surface area (Å²) in [7, 11) is 0. The second-order valence-electron chi connectivity index (χ2n) is 10.8. The lowest BCUT2D eigenvalue weighted by Gasteiger charge is -2.59. The van der Waals surface area contributed by atoms with Crippen molar-refractivity contribution < 1.29 is 45.3 Å². The third kappa shape index (κ3) is 5.44. The van der Waals surface area contributed by atoms with E-state index in [1.165, 1.54) is 39.2 Å². The van der Waals surface area contributed by atoms with E-state index in [2.05, 4.69) is 19.1 Å². The number of hydrogen-bond donors (Lipinski definition) is 1. The van der Waals surface area contributed by atoms with Gasteiger partial charge in [-0.3, -0.25) is 0 Å². The Kier molecular flexibility index (Phi) is 6.78. The number of ether oxygens (including phenoxy) is 3. The van der Waals surface area contributed by atoms with E-state index in [-0.39, 0.29) is 39.4 Å². The van der Waals surface area contributed by atoms with Crippen molar-refractivity contribution >= 4 is 5.97 Å². The summed E-state index contributed by atoms with van der Waals surface area (Å²) in [6.07, 6.45) is 6.22. The summed E-state index contributed by atoms with van der Waals surface area (Å²) in [5.74, 6) is 4.81. The maximum atomic E-state index is 12.7. The van der Waals surface area contributed by atoms with Crippen LogP contribution >= 0.6 is 0 Å². The quantitative estimate of drug-likeness (QED) is 0.313. The van der Waals surface area contributed by atoms with Crippen molar-refractivity contribution in [2.75, 3.05) is 6.61 Å². The number of phenols is 1. The van der Waals surface area contributed by atoms with Gasteiger partial charge in [0.2, 0.25) is 0 Å². The Labute approximate surface area is 228 Å². The molecule has 0 heterocycles. The maximum absolute atomic E-state index is 12.7. The number of rotatable bonds is 8. The molecule has 3 aromatic carbocycles. The van der Waals surface area contributed by atoms with Gasteiger partial charge in [-0.05, 0) is 135 Å². The van der Waals surface area contributed by atoms with E-state index in [0.717, 1.165) is 17.6 Å². The molecule has 5 nitrogen and oxygen atoms in total. The fourth-order valence-electron chi connectivity index (χ4n) is 6.64. The lowest BCUT2D eigenvalue weighted by Crippen LogP contribution is -3.61. The van der Waals surface area contributed by atoms with Crippen molar-refractivity contribution in [2.24, 2.45) is 23.7 Å². The van der Waals surface area contributed by atoms with Crippen molar-refractivity contribution in [3.63, 3.8) is 0 Å². The summed E-state index contributed by atoms with van der Waals surface area (Å²) in [5, 5.41) is 9.44. The van der Waals surface area contributed by atoms with E-state index in [4.69, 9.17) is 14.2 Å². The number of carbonyl (C=O) groups excluding carboxylic acids is 1. The van der Waals surface area contributed by atoms with Crippen LogP contribution in [0.3, 0.4) is 0 Å². The molecule has 1 N–H and O–H groups in total. The van der Waals surface area contributed by atoms with Gasteiger partial charge in [0.25, 0.3) is 0 Å². The van der Waals surface area contributed by atoms with Crippen molar-refractivity contribution in [3.8, 4) is 23.0 Å². The molecule has 0 unspecified atom stereocenters. The SMILES string of the molecule is CC1(OC(=O)COc2ccc(Oc3ccc([I+]c4ccc(O)cc4)cc3)cc2)C2CC3CC(C2)CC1C3. The molecule has 4 fully saturated rings. The van der Waals surface area contributed by atoms with Gasteiger partial charge in [-0.2, -0.15) is 0 Å². The van der Waals surface area contributed by atoms with Crippen LogP contribution in [-0.4, -0.2) is 23.3 Å². The van der Waals surface area contributed by atoms with Gasteiger partial charge in [0.05, 0.1) is 0 Å². The van der Waals surface area contributed by atoms with Crippen molar-refractivity contribution in [3.05, 3.63) is 79.9 Å². The highest BCUT2D eigenvalue weighted by atomic mass is 127. The van der Waals surface area contributed by atoms with Crippen LogP contribution in [0.15, 0.2) is 72.8 Å². The molecular formula is C31H32IO5+. The lowest BCUT2D eigenvalue weighted by molar-refractivity contribution is -0.597. The minimum absolute atomic E-state index is 0.0757. The van der Waals surface area contributed by atoms with Gasteiger partial charge in [-0.25, -0.2) is 4.79 Å². The zero-order valence-corrected chi connectivity index (χ0v) is 23.1. The molecule has 3 aromatic rings. The first-order valence-electron chi connectivity index (χ1n) is 13.1. The van der Waals surface area contributed by atoms with Crippen molar-refractivity contribution in [1.29, 1.82) is 0 Å². The summed E-state index contributed by atoms with van der Waals surface area (Å²) >= 11 is -0.306. The van der Waals surface area contributed by atoms with E-state index in [0.29, 0.717) is 29.1 Å². The average Bonchev–Trinajstić information content (AvgIpc) is 2.89. The van der Waals surface area contributed by atoms with Gasteiger partial charge in [0.15, 0.2) is 13.7 Å². The first-order chi connectivity index (χ1) is 17.9. The Balaban J connectivity index is 0.989. The highest BCUT2D eigenvalue weighted by molar-refractivity contribution is 5.71. The molecular weight excluding hydrogens is 579 g/mol. The molecule has 6 heteroatoms. The van der Waals surface area contributed by atoms with Gasteiger partial charge in [0, 0.05) is 0 Å². The summed E-state index contributed by atoms with van der Waals surface area (Å²) in [6.45, 7) is 2.08. The fraction of sp³-hybridized carbons (Fsp3) is 0.387. The number of benzene rings is 3. The van der Waals surface area contributed by atoms with Crippen LogP contribution in [0.4, 0.5) is 0 Å². The topological polar surface area (TPSA) is 65.0 Å². The van der Waals surface area contributed by atoms with Crippen LogP contribution in [0.1, 0.15) is 39.0 Å². The number of phenolic OH excluding ortho intramolecular Hbond substituents is 1. The zero-order valence-electron chi connectivity index (χ0n) is 20.9. The maximum Gasteiger partial charge on any atom is 0.357 e. The third-order valence-electron chi connectivity index (χ3n) is 8.37. The van der Waals surface area contributed by atoms with Gasteiger partial charge in [-0.1, -0.05) is 0 Å². The molecule has 0 radical (unpaired) electrons. The monoisotopic (exact) mass is 611 g/mol. The molecule has 4 saturated carbocycles. The third-order valence-corrected chi connectivity index (χ3v) is 11.1. The van der Waals surface area contributed by atoms with E-state index in [9.17, 15) is 9.90 Å². The lowest BCUT2D eigenvalue weighted by atomic mass is 9.50. The molecule has 4 aliphatic carbocycles. The Morgan fingerprint density at radius 2 is 1.27 bits per heavy atom. The summed E-state index contributed by atoms with van der Waals surface area (Å²) in [5.41, 5.74) is -0.326. The highest BCUT2D eigenvalue weighted by Crippen LogP contribution is 2.59. The Bertz CT molecular complexity index is 1210. The number of carbonyl (C=O) groups is 1. The van der Waals surface area contributed by atoms with Crippen LogP contribution < -0.4 is 30.7 Å². The Morgan fingerprint density at radius 1 is 0.784 bits per heavy atom. The molecule has 0 amide bonds. The fourth-order valence-corrected chi connectivity index (χ4v) is 8.80. The predicted octanol–water partition coefficient (Wildman–Crippen LogP) is 3.45.